The van der Waals surface area contributed by atoms with Crippen molar-refractivity contribution < 1.29 is 4.74 Å². The smallest absolute Gasteiger partial charge is 0.213 e. The number of piperazine rings is 1. The van der Waals surface area contributed by atoms with Gasteiger partial charge in [0.2, 0.25) is 5.88 Å². The van der Waals surface area contributed by atoms with Gasteiger partial charge < -0.3 is 30.6 Å². The molecule has 4 N–H and O–H groups in total. The molecule has 0 unspecified atom stereocenters. The maximum absolute atomic E-state index is 6.32. The lowest BCUT2D eigenvalue weighted by atomic mass is 10.1. The van der Waals surface area contributed by atoms with E-state index >= 15 is 0 Å². The Labute approximate surface area is 188 Å². The maximum atomic E-state index is 6.32. The first kappa shape index (κ1) is 20.8. The van der Waals surface area contributed by atoms with Crippen LogP contribution in [0.5, 0.6) is 5.88 Å². The van der Waals surface area contributed by atoms with Gasteiger partial charge in [-0.1, -0.05) is 0 Å². The van der Waals surface area contributed by atoms with E-state index in [4.69, 9.17) is 10.5 Å². The van der Waals surface area contributed by atoms with Gasteiger partial charge in [-0.05, 0) is 44.2 Å². The van der Waals surface area contributed by atoms with E-state index in [0.717, 1.165) is 86.1 Å². The lowest BCUT2D eigenvalue weighted by Crippen LogP contribution is -2.43. The van der Waals surface area contributed by atoms with Gasteiger partial charge in [0.15, 0.2) is 0 Å². The molecule has 5 heterocycles. The monoisotopic (exact) mass is 433 g/mol. The molecule has 5 rings (SSSR count). The molecule has 2 saturated heterocycles. The van der Waals surface area contributed by atoms with Crippen LogP contribution in [0.3, 0.4) is 0 Å². The van der Waals surface area contributed by atoms with E-state index in [-0.39, 0.29) is 6.10 Å². The van der Waals surface area contributed by atoms with Crippen molar-refractivity contribution in [1.82, 2.24) is 25.2 Å². The minimum Gasteiger partial charge on any atom is -0.474 e. The molecule has 32 heavy (non-hydrogen) atoms. The molecule has 2 aliphatic heterocycles. The maximum Gasteiger partial charge on any atom is 0.213 e. The molecule has 3 aromatic heterocycles. The molecule has 0 aliphatic carbocycles. The number of nitrogens with two attached hydrogens (primary N) is 1. The molecule has 2 aliphatic rings. The van der Waals surface area contributed by atoms with Crippen molar-refractivity contribution in [3.63, 3.8) is 0 Å². The molecule has 168 valence electrons. The summed E-state index contributed by atoms with van der Waals surface area (Å²) in [4.78, 5) is 17.2. The van der Waals surface area contributed by atoms with Crippen molar-refractivity contribution in [2.75, 3.05) is 56.9 Å². The van der Waals surface area contributed by atoms with Gasteiger partial charge in [0.05, 0.1) is 11.4 Å². The number of H-pyrrole nitrogens is 1. The summed E-state index contributed by atoms with van der Waals surface area (Å²) in [6, 6.07) is 10.0. The Bertz CT molecular complexity index is 1030. The van der Waals surface area contributed by atoms with Crippen molar-refractivity contribution in [1.29, 1.82) is 0 Å². The topological polar surface area (TPSA) is 95.3 Å². The largest absolute Gasteiger partial charge is 0.474 e. The van der Waals surface area contributed by atoms with Gasteiger partial charge in [0.1, 0.15) is 11.9 Å². The summed E-state index contributed by atoms with van der Waals surface area (Å²) in [6.07, 6.45) is 5.99. The average molecular weight is 434 g/mol. The number of hydrogen-bond acceptors (Lipinski definition) is 7. The number of piperidine rings is 1. The van der Waals surface area contributed by atoms with Crippen LogP contribution in [0.25, 0.3) is 22.5 Å². The van der Waals surface area contributed by atoms with Crippen molar-refractivity contribution in [2.24, 2.45) is 0 Å². The summed E-state index contributed by atoms with van der Waals surface area (Å²) >= 11 is 0. The minimum absolute atomic E-state index is 0.245. The van der Waals surface area contributed by atoms with E-state index in [1.807, 2.05) is 36.7 Å². The number of aromatic nitrogens is 3. The number of nitrogen functional groups attached to an aromatic ring is 1. The molecule has 8 heteroatoms. The lowest BCUT2D eigenvalue weighted by Gasteiger charge is -2.28. The van der Waals surface area contributed by atoms with E-state index < -0.39 is 0 Å². The summed E-state index contributed by atoms with van der Waals surface area (Å²) in [5.41, 5.74) is 11.0. The zero-order chi connectivity index (χ0) is 21.9. The fourth-order valence-electron chi connectivity index (χ4n) is 4.40. The Morgan fingerprint density at radius 3 is 2.56 bits per heavy atom. The second kappa shape index (κ2) is 9.18. The van der Waals surface area contributed by atoms with Gasteiger partial charge >= 0.3 is 0 Å². The normalized spacial score (nSPS) is 18.1. The third-order valence-electron chi connectivity index (χ3n) is 6.32. The predicted octanol–water partition coefficient (Wildman–Crippen LogP) is 2.60. The molecule has 0 spiro atoms. The van der Waals surface area contributed by atoms with Gasteiger partial charge in [0, 0.05) is 74.5 Å². The first-order chi connectivity index (χ1) is 15.7. The molecule has 0 saturated carbocycles. The highest BCUT2D eigenvalue weighted by Crippen LogP contribution is 2.31. The van der Waals surface area contributed by atoms with Crippen LogP contribution >= 0.6 is 0 Å². The first-order valence-electron chi connectivity index (χ1n) is 11.4. The van der Waals surface area contributed by atoms with E-state index in [0.29, 0.717) is 5.88 Å². The van der Waals surface area contributed by atoms with Crippen molar-refractivity contribution in [3.05, 3.63) is 42.7 Å². The third-order valence-corrected chi connectivity index (χ3v) is 6.32. The van der Waals surface area contributed by atoms with Crippen LogP contribution in [-0.2, 0) is 0 Å². The molecule has 8 nitrogen and oxygen atoms in total. The van der Waals surface area contributed by atoms with E-state index in [9.17, 15) is 0 Å². The Kier molecular flexibility index (Phi) is 5.96. The highest BCUT2D eigenvalue weighted by molar-refractivity contribution is 5.76. The van der Waals surface area contributed by atoms with Crippen LogP contribution < -0.4 is 20.7 Å². The Morgan fingerprint density at radius 1 is 1.00 bits per heavy atom. The van der Waals surface area contributed by atoms with Gasteiger partial charge in [0.25, 0.3) is 0 Å². The van der Waals surface area contributed by atoms with Gasteiger partial charge in [-0.2, -0.15) is 0 Å². The summed E-state index contributed by atoms with van der Waals surface area (Å²) in [6.45, 7) is 5.97. The van der Waals surface area contributed by atoms with Gasteiger partial charge in [-0.3, -0.25) is 4.98 Å². The highest BCUT2D eigenvalue weighted by atomic mass is 16.5. The number of ether oxygens (including phenoxy) is 1. The van der Waals surface area contributed by atoms with Gasteiger partial charge in [-0.15, -0.1) is 0 Å². The summed E-state index contributed by atoms with van der Waals surface area (Å²) in [7, 11) is 2.15. The number of hydrogen-bond donors (Lipinski definition) is 3. The van der Waals surface area contributed by atoms with Crippen LogP contribution in [-0.4, -0.2) is 72.3 Å². The summed E-state index contributed by atoms with van der Waals surface area (Å²) in [5.74, 6) is 1.68. The van der Waals surface area contributed by atoms with Crippen molar-refractivity contribution in [2.45, 2.75) is 18.9 Å². The fraction of sp³-hybridized carbons (Fsp3) is 0.417. The molecule has 3 aromatic rings. The van der Waals surface area contributed by atoms with Gasteiger partial charge in [-0.25, -0.2) is 4.98 Å². The number of nitrogens with zero attached hydrogens (tertiary/aromatic N) is 4. The molecular formula is C24H31N7O. The number of anilines is 2. The second-order valence-corrected chi connectivity index (χ2v) is 8.66. The number of nitrogens with one attached hydrogen (secondary N) is 2. The average Bonchev–Trinajstić information content (AvgIpc) is 3.23. The number of rotatable bonds is 5. The molecular weight excluding hydrogens is 402 g/mol. The van der Waals surface area contributed by atoms with E-state index in [1.54, 1.807) is 0 Å². The SMILES string of the molecule is CN1CCC(Oc2ccc(-c3cc(-c4cc(N)c(N5CCNCC5)[nH]4)ccn3)cn2)CC1. The zero-order valence-electron chi connectivity index (χ0n) is 18.6. The van der Waals surface area contributed by atoms with Crippen molar-refractivity contribution in [3.8, 4) is 28.4 Å². The van der Waals surface area contributed by atoms with Crippen LogP contribution in [0, 0.1) is 0 Å². The number of pyridine rings is 2. The predicted molar refractivity (Wildman–Crippen MR) is 128 cm³/mol. The van der Waals surface area contributed by atoms with Crippen LogP contribution in [0.15, 0.2) is 42.7 Å². The fourth-order valence-corrected chi connectivity index (χ4v) is 4.40. The third kappa shape index (κ3) is 4.56. The first-order valence-corrected chi connectivity index (χ1v) is 11.4. The molecule has 0 aromatic carbocycles. The molecule has 0 atom stereocenters. The Balaban J connectivity index is 1.31. The second-order valence-electron chi connectivity index (χ2n) is 8.66. The number of likely N-dealkylation sites (tertiary alicyclic amines) is 1. The zero-order valence-corrected chi connectivity index (χ0v) is 18.6. The Morgan fingerprint density at radius 2 is 1.81 bits per heavy atom. The lowest BCUT2D eigenvalue weighted by molar-refractivity contribution is 0.110. The molecule has 0 amide bonds. The van der Waals surface area contributed by atoms with Crippen LogP contribution in [0.4, 0.5) is 11.5 Å². The Hall–Kier alpha value is -3.10. The summed E-state index contributed by atoms with van der Waals surface area (Å²) in [5, 5.41) is 3.38. The summed E-state index contributed by atoms with van der Waals surface area (Å²) < 4.78 is 6.07. The minimum atomic E-state index is 0.245. The van der Waals surface area contributed by atoms with Crippen LogP contribution in [0.1, 0.15) is 12.8 Å². The van der Waals surface area contributed by atoms with Crippen molar-refractivity contribution >= 4 is 11.5 Å². The van der Waals surface area contributed by atoms with Crippen LogP contribution in [0.2, 0.25) is 0 Å². The molecule has 2 fully saturated rings. The highest BCUT2D eigenvalue weighted by Gasteiger charge is 2.19. The number of aromatic amines is 1. The quantitative estimate of drug-likeness (QED) is 0.569. The molecule has 0 bridgehead atoms. The molecule has 0 radical (unpaired) electrons. The van der Waals surface area contributed by atoms with E-state index in [2.05, 4.69) is 43.2 Å². The van der Waals surface area contributed by atoms with E-state index in [1.165, 1.54) is 0 Å². The standard InChI is InChI=1S/C24H31N7O/c1-30-10-5-19(6-11-30)32-23-3-2-18(16-28-23)21-14-17(4-7-27-21)22-15-20(25)24(29-22)31-12-8-26-9-13-31/h2-4,7,14-16,19,26,29H,5-6,8-13,25H2,1H3.